The molecule has 0 aliphatic heterocycles. The molecule has 3 unspecified atom stereocenters. The van der Waals surface area contributed by atoms with E-state index in [1.807, 2.05) is 38.1 Å². The lowest BCUT2D eigenvalue weighted by atomic mass is 10.1. The van der Waals surface area contributed by atoms with Crippen molar-refractivity contribution in [1.82, 2.24) is 15.5 Å². The summed E-state index contributed by atoms with van der Waals surface area (Å²) in [5.41, 5.74) is 0. The Kier molecular flexibility index (Phi) is 7.25. The molecule has 0 aromatic carbocycles. The minimum atomic E-state index is -0.345. The third-order valence-corrected chi connectivity index (χ3v) is 3.31. The van der Waals surface area contributed by atoms with Crippen molar-refractivity contribution in [3.05, 3.63) is 24.2 Å². The number of carbonyl (C=O) groups excluding carboxylic acids is 1. The minimum absolute atomic E-state index is 0.000590. The fourth-order valence-electron chi connectivity index (χ4n) is 2.20. The molecule has 0 aliphatic carbocycles. The van der Waals surface area contributed by atoms with Crippen LogP contribution in [0.2, 0.25) is 0 Å². The molecule has 1 aromatic rings. The van der Waals surface area contributed by atoms with Gasteiger partial charge in [0, 0.05) is 13.1 Å². The Balaban J connectivity index is 2.34. The van der Waals surface area contributed by atoms with E-state index in [-0.39, 0.29) is 24.1 Å². The standard InChI is InChI=1S/C15H27N3O3/c1-11(8-12(2)19)9-16-15(20)17-10-13(18(3)4)14-6-5-7-21-14/h5-7,11-13,19H,8-10H2,1-4H3,(H2,16,17,20). The molecule has 2 amide bonds. The van der Waals surface area contributed by atoms with Gasteiger partial charge in [0.2, 0.25) is 0 Å². The monoisotopic (exact) mass is 297 g/mol. The van der Waals surface area contributed by atoms with E-state index in [4.69, 9.17) is 4.42 Å². The average Bonchev–Trinajstić information content (AvgIpc) is 2.89. The zero-order chi connectivity index (χ0) is 15.8. The summed E-state index contributed by atoms with van der Waals surface area (Å²) in [6, 6.07) is 3.53. The van der Waals surface area contributed by atoms with E-state index in [0.29, 0.717) is 19.5 Å². The van der Waals surface area contributed by atoms with E-state index < -0.39 is 0 Å². The van der Waals surface area contributed by atoms with Crippen molar-refractivity contribution in [2.45, 2.75) is 32.4 Å². The van der Waals surface area contributed by atoms with Crippen molar-refractivity contribution >= 4 is 6.03 Å². The van der Waals surface area contributed by atoms with Gasteiger partial charge in [-0.3, -0.25) is 4.90 Å². The van der Waals surface area contributed by atoms with Crippen LogP contribution in [-0.4, -0.2) is 49.3 Å². The number of aliphatic hydroxyl groups excluding tert-OH is 1. The van der Waals surface area contributed by atoms with Gasteiger partial charge in [-0.05, 0) is 45.5 Å². The fourth-order valence-corrected chi connectivity index (χ4v) is 2.20. The molecule has 0 spiro atoms. The van der Waals surface area contributed by atoms with Gasteiger partial charge >= 0.3 is 6.03 Å². The van der Waals surface area contributed by atoms with Crippen LogP contribution in [0.3, 0.4) is 0 Å². The summed E-state index contributed by atoms with van der Waals surface area (Å²) in [5.74, 6) is 1.06. The van der Waals surface area contributed by atoms with Gasteiger partial charge in [-0.2, -0.15) is 0 Å². The number of amides is 2. The van der Waals surface area contributed by atoms with Gasteiger partial charge in [-0.1, -0.05) is 6.92 Å². The number of furan rings is 1. The lowest BCUT2D eigenvalue weighted by molar-refractivity contribution is 0.163. The summed E-state index contributed by atoms with van der Waals surface area (Å²) in [6.45, 7) is 4.77. The second-order valence-electron chi connectivity index (χ2n) is 5.78. The molecule has 21 heavy (non-hydrogen) atoms. The predicted octanol–water partition coefficient (Wildman–Crippen LogP) is 1.59. The number of rotatable bonds is 8. The van der Waals surface area contributed by atoms with E-state index in [1.54, 1.807) is 13.2 Å². The van der Waals surface area contributed by atoms with Crippen molar-refractivity contribution in [2.24, 2.45) is 5.92 Å². The summed E-state index contributed by atoms with van der Waals surface area (Å²) in [5, 5.41) is 15.0. The summed E-state index contributed by atoms with van der Waals surface area (Å²) >= 11 is 0. The SMILES string of the molecule is CC(O)CC(C)CNC(=O)NCC(c1ccco1)N(C)C. The molecule has 0 saturated heterocycles. The molecule has 3 N–H and O–H groups in total. The van der Waals surface area contributed by atoms with E-state index in [0.717, 1.165) is 5.76 Å². The molecule has 120 valence electrons. The fraction of sp³-hybridized carbons (Fsp3) is 0.667. The number of hydrogen-bond donors (Lipinski definition) is 3. The first kappa shape index (κ1) is 17.5. The first-order valence-electron chi connectivity index (χ1n) is 7.29. The Morgan fingerprint density at radius 2 is 2.00 bits per heavy atom. The van der Waals surface area contributed by atoms with Crippen molar-refractivity contribution in [2.75, 3.05) is 27.2 Å². The molecule has 1 heterocycles. The number of nitrogens with one attached hydrogen (secondary N) is 2. The van der Waals surface area contributed by atoms with Gasteiger partial charge < -0.3 is 20.2 Å². The molecule has 6 nitrogen and oxygen atoms in total. The highest BCUT2D eigenvalue weighted by atomic mass is 16.3. The molecule has 1 aromatic heterocycles. The lowest BCUT2D eigenvalue weighted by Gasteiger charge is -2.23. The highest BCUT2D eigenvalue weighted by molar-refractivity contribution is 5.73. The van der Waals surface area contributed by atoms with Gasteiger partial charge in [-0.15, -0.1) is 0 Å². The number of carbonyl (C=O) groups is 1. The first-order chi connectivity index (χ1) is 9.90. The molecule has 0 fully saturated rings. The Morgan fingerprint density at radius 3 is 2.52 bits per heavy atom. The van der Waals surface area contributed by atoms with Crippen LogP contribution in [0, 0.1) is 5.92 Å². The number of hydrogen-bond acceptors (Lipinski definition) is 4. The largest absolute Gasteiger partial charge is 0.468 e. The third-order valence-electron chi connectivity index (χ3n) is 3.31. The van der Waals surface area contributed by atoms with Crippen LogP contribution in [-0.2, 0) is 0 Å². The molecular formula is C15H27N3O3. The van der Waals surface area contributed by atoms with Gasteiger partial charge in [0.15, 0.2) is 0 Å². The Morgan fingerprint density at radius 1 is 1.33 bits per heavy atom. The summed E-state index contributed by atoms with van der Waals surface area (Å²) in [6.07, 6.45) is 1.96. The third kappa shape index (κ3) is 6.64. The van der Waals surface area contributed by atoms with E-state index in [9.17, 15) is 9.90 Å². The number of likely N-dealkylation sites (N-methyl/N-ethyl adjacent to an activating group) is 1. The molecule has 3 atom stereocenters. The van der Waals surface area contributed by atoms with Gasteiger partial charge in [0.25, 0.3) is 0 Å². The topological polar surface area (TPSA) is 77.7 Å². The van der Waals surface area contributed by atoms with Crippen LogP contribution < -0.4 is 10.6 Å². The van der Waals surface area contributed by atoms with Gasteiger partial charge in [-0.25, -0.2) is 4.79 Å². The maximum atomic E-state index is 11.8. The van der Waals surface area contributed by atoms with Crippen LogP contribution in [0.4, 0.5) is 4.79 Å². The Bertz CT molecular complexity index is 404. The van der Waals surface area contributed by atoms with E-state index in [2.05, 4.69) is 10.6 Å². The molecule has 1 rings (SSSR count). The molecule has 0 saturated carbocycles. The molecular weight excluding hydrogens is 270 g/mol. The van der Waals surface area contributed by atoms with Crippen LogP contribution in [0.5, 0.6) is 0 Å². The van der Waals surface area contributed by atoms with Crippen LogP contribution in [0.15, 0.2) is 22.8 Å². The zero-order valence-electron chi connectivity index (χ0n) is 13.3. The lowest BCUT2D eigenvalue weighted by Crippen LogP contribution is -2.42. The van der Waals surface area contributed by atoms with Crippen LogP contribution >= 0.6 is 0 Å². The quantitative estimate of drug-likeness (QED) is 0.681. The number of urea groups is 1. The van der Waals surface area contributed by atoms with Gasteiger partial charge in [0.05, 0.1) is 18.4 Å². The second kappa shape index (κ2) is 8.69. The molecule has 0 aliphatic rings. The van der Waals surface area contributed by atoms with Crippen molar-refractivity contribution in [3.8, 4) is 0 Å². The van der Waals surface area contributed by atoms with Crippen molar-refractivity contribution in [3.63, 3.8) is 0 Å². The zero-order valence-corrected chi connectivity index (χ0v) is 13.3. The predicted molar refractivity (Wildman–Crippen MR) is 82.0 cm³/mol. The van der Waals surface area contributed by atoms with Crippen molar-refractivity contribution < 1.29 is 14.3 Å². The van der Waals surface area contributed by atoms with Crippen molar-refractivity contribution in [1.29, 1.82) is 0 Å². The minimum Gasteiger partial charge on any atom is -0.468 e. The molecule has 0 bridgehead atoms. The highest BCUT2D eigenvalue weighted by Gasteiger charge is 2.17. The maximum absolute atomic E-state index is 11.8. The number of nitrogens with zero attached hydrogens (tertiary/aromatic N) is 1. The van der Waals surface area contributed by atoms with E-state index in [1.165, 1.54) is 0 Å². The first-order valence-corrected chi connectivity index (χ1v) is 7.29. The average molecular weight is 297 g/mol. The highest BCUT2D eigenvalue weighted by Crippen LogP contribution is 2.17. The Labute approximate surface area is 126 Å². The second-order valence-corrected chi connectivity index (χ2v) is 5.78. The maximum Gasteiger partial charge on any atom is 0.314 e. The van der Waals surface area contributed by atoms with Crippen LogP contribution in [0.1, 0.15) is 32.1 Å². The molecule has 0 radical (unpaired) electrons. The summed E-state index contributed by atoms with van der Waals surface area (Å²) in [7, 11) is 3.88. The normalized spacial score (nSPS) is 15.5. The summed E-state index contributed by atoms with van der Waals surface area (Å²) in [4.78, 5) is 13.8. The van der Waals surface area contributed by atoms with Crippen LogP contribution in [0.25, 0.3) is 0 Å². The molecule has 6 heteroatoms. The Hall–Kier alpha value is -1.53. The smallest absolute Gasteiger partial charge is 0.314 e. The summed E-state index contributed by atoms with van der Waals surface area (Å²) < 4.78 is 5.39. The number of aliphatic hydroxyl groups is 1. The van der Waals surface area contributed by atoms with E-state index >= 15 is 0 Å². The van der Waals surface area contributed by atoms with Gasteiger partial charge in [0.1, 0.15) is 5.76 Å².